The van der Waals surface area contributed by atoms with E-state index in [9.17, 15) is 18.3 Å². The maximum Gasteiger partial charge on any atom is 0.392 e. The molecule has 6 heteroatoms. The zero-order valence-corrected chi connectivity index (χ0v) is 26.7. The molecule has 5 aliphatic carbocycles. The molecule has 4 saturated carbocycles. The predicted octanol–water partition coefficient (Wildman–Crippen LogP) is 9.16. The van der Waals surface area contributed by atoms with Crippen molar-refractivity contribution in [1.29, 1.82) is 0 Å². The first-order valence-corrected chi connectivity index (χ1v) is 18.1. The summed E-state index contributed by atoms with van der Waals surface area (Å²) in [6, 6.07) is 0.344. The van der Waals surface area contributed by atoms with Crippen LogP contribution in [-0.4, -0.2) is 36.6 Å². The SMILES string of the molecule is CNC1CCC(CCC2CCC(NC(O)C3CCC(C)C(C4CCCCC5CCCCC=C54)C3)CC2C(F)(F)F)CC1. The fraction of sp³-hybridized carbons (Fsp3) is 0.944. The number of hydrogen-bond acceptors (Lipinski definition) is 3. The van der Waals surface area contributed by atoms with Crippen molar-refractivity contribution in [1.82, 2.24) is 10.6 Å². The van der Waals surface area contributed by atoms with Gasteiger partial charge in [-0.3, -0.25) is 5.32 Å². The Morgan fingerprint density at radius 1 is 0.833 bits per heavy atom. The van der Waals surface area contributed by atoms with E-state index in [0.29, 0.717) is 42.6 Å². The van der Waals surface area contributed by atoms with Crippen LogP contribution in [0, 0.1) is 47.3 Å². The van der Waals surface area contributed by atoms with E-state index < -0.39 is 18.3 Å². The Bertz CT molecular complexity index is 853. The van der Waals surface area contributed by atoms with Crippen molar-refractivity contribution in [3.63, 3.8) is 0 Å². The van der Waals surface area contributed by atoms with Crippen LogP contribution in [0.2, 0.25) is 0 Å². The fourth-order valence-corrected chi connectivity index (χ4v) is 10.2. The van der Waals surface area contributed by atoms with Crippen LogP contribution in [0.4, 0.5) is 13.2 Å². The molecule has 0 heterocycles. The highest BCUT2D eigenvalue weighted by Gasteiger charge is 2.48. The molecule has 0 radical (unpaired) electrons. The lowest BCUT2D eigenvalue weighted by atomic mass is 9.64. The predicted molar refractivity (Wildman–Crippen MR) is 166 cm³/mol. The quantitative estimate of drug-likeness (QED) is 0.194. The maximum atomic E-state index is 14.3. The smallest absolute Gasteiger partial charge is 0.378 e. The third-order valence-electron chi connectivity index (χ3n) is 12.9. The normalized spacial score (nSPS) is 41.2. The molecular formula is C36H61F3N2O. The summed E-state index contributed by atoms with van der Waals surface area (Å²) >= 11 is 0. The van der Waals surface area contributed by atoms with Gasteiger partial charge in [0.25, 0.3) is 0 Å². The Morgan fingerprint density at radius 2 is 1.55 bits per heavy atom. The lowest BCUT2D eigenvalue weighted by Gasteiger charge is -2.44. The highest BCUT2D eigenvalue weighted by atomic mass is 19.4. The minimum absolute atomic E-state index is 0.126. The monoisotopic (exact) mass is 594 g/mol. The molecule has 0 bridgehead atoms. The molecule has 5 rings (SSSR count). The van der Waals surface area contributed by atoms with E-state index in [4.69, 9.17) is 0 Å². The second kappa shape index (κ2) is 15.1. The molecule has 0 aromatic heterocycles. The maximum absolute atomic E-state index is 14.3. The van der Waals surface area contributed by atoms with E-state index in [0.717, 1.165) is 63.7 Å². The first kappa shape index (κ1) is 32.8. The van der Waals surface area contributed by atoms with E-state index in [1.807, 2.05) is 7.05 Å². The van der Waals surface area contributed by atoms with E-state index in [1.54, 1.807) is 5.57 Å². The number of halogens is 3. The Labute approximate surface area is 254 Å². The van der Waals surface area contributed by atoms with Crippen molar-refractivity contribution in [2.45, 2.75) is 160 Å². The van der Waals surface area contributed by atoms with Crippen LogP contribution < -0.4 is 10.6 Å². The molecule has 0 aliphatic heterocycles. The van der Waals surface area contributed by atoms with Gasteiger partial charge in [-0.15, -0.1) is 0 Å². The number of aliphatic hydroxyl groups is 1. The van der Waals surface area contributed by atoms with Gasteiger partial charge in [0.1, 0.15) is 6.23 Å². The minimum Gasteiger partial charge on any atom is -0.378 e. The number of fused-ring (bicyclic) bond motifs is 1. The summed E-state index contributed by atoms with van der Waals surface area (Å²) in [5.74, 6) is 1.86. The van der Waals surface area contributed by atoms with Gasteiger partial charge in [0, 0.05) is 12.1 Å². The van der Waals surface area contributed by atoms with Crippen LogP contribution in [0.25, 0.3) is 0 Å². The molecule has 242 valence electrons. The second-order valence-corrected chi connectivity index (χ2v) is 15.4. The van der Waals surface area contributed by atoms with Crippen molar-refractivity contribution in [3.8, 4) is 0 Å². The summed E-state index contributed by atoms with van der Waals surface area (Å²) in [4.78, 5) is 0. The van der Waals surface area contributed by atoms with Crippen LogP contribution in [-0.2, 0) is 0 Å². The van der Waals surface area contributed by atoms with Crippen LogP contribution in [0.5, 0.6) is 0 Å². The highest BCUT2D eigenvalue weighted by Crippen LogP contribution is 2.49. The van der Waals surface area contributed by atoms with Gasteiger partial charge in [0.15, 0.2) is 0 Å². The number of allylic oxidation sites excluding steroid dienone is 2. The van der Waals surface area contributed by atoms with Crippen LogP contribution in [0.1, 0.15) is 135 Å². The molecule has 4 fully saturated rings. The van der Waals surface area contributed by atoms with Crippen molar-refractivity contribution < 1.29 is 18.3 Å². The number of hydrogen-bond donors (Lipinski definition) is 3. The van der Waals surface area contributed by atoms with Crippen molar-refractivity contribution >= 4 is 0 Å². The number of alkyl halides is 3. The van der Waals surface area contributed by atoms with Gasteiger partial charge >= 0.3 is 6.18 Å². The van der Waals surface area contributed by atoms with Gasteiger partial charge in [-0.1, -0.05) is 50.7 Å². The third-order valence-corrected chi connectivity index (χ3v) is 12.9. The lowest BCUT2D eigenvalue weighted by molar-refractivity contribution is -0.200. The standard InChI is InChI=1S/C36H61F3N2O/c1-24-12-16-28(22-33(24)32-11-7-6-9-26-8-4-3-5-10-31(26)32)35(42)41-30-21-18-27(34(23-30)36(37,38)39)17-13-25-14-19-29(40-2)20-15-25/h10,24-30,32-35,40-42H,3-9,11-23H2,1-2H3. The molecule has 0 spiro atoms. The third kappa shape index (κ3) is 8.36. The van der Waals surface area contributed by atoms with Crippen LogP contribution >= 0.6 is 0 Å². The molecule has 0 aromatic rings. The summed E-state index contributed by atoms with van der Waals surface area (Å²) in [6.45, 7) is 2.42. The van der Waals surface area contributed by atoms with Gasteiger partial charge in [-0.2, -0.15) is 13.2 Å². The molecule has 42 heavy (non-hydrogen) atoms. The Balaban J connectivity index is 1.16. The Kier molecular flexibility index (Phi) is 11.8. The molecule has 0 aromatic carbocycles. The van der Waals surface area contributed by atoms with Crippen molar-refractivity contribution in [2.75, 3.05) is 7.05 Å². The average molecular weight is 595 g/mol. The summed E-state index contributed by atoms with van der Waals surface area (Å²) < 4.78 is 42.9. The molecule has 5 aliphatic rings. The van der Waals surface area contributed by atoms with Crippen LogP contribution in [0.3, 0.4) is 0 Å². The fourth-order valence-electron chi connectivity index (χ4n) is 10.2. The second-order valence-electron chi connectivity index (χ2n) is 15.4. The summed E-state index contributed by atoms with van der Waals surface area (Å²) in [7, 11) is 2.01. The van der Waals surface area contributed by atoms with E-state index in [2.05, 4.69) is 23.6 Å². The lowest BCUT2D eigenvalue weighted by Crippen LogP contribution is -2.50. The Morgan fingerprint density at radius 3 is 2.29 bits per heavy atom. The molecule has 9 unspecified atom stereocenters. The summed E-state index contributed by atoms with van der Waals surface area (Å²) in [5, 5.41) is 18.2. The van der Waals surface area contributed by atoms with E-state index in [1.165, 1.54) is 51.4 Å². The Hall–Kier alpha value is -0.590. The molecule has 3 nitrogen and oxygen atoms in total. The van der Waals surface area contributed by atoms with Gasteiger partial charge in [0.05, 0.1) is 5.92 Å². The molecule has 0 amide bonds. The van der Waals surface area contributed by atoms with E-state index >= 15 is 0 Å². The highest BCUT2D eigenvalue weighted by molar-refractivity contribution is 5.16. The topological polar surface area (TPSA) is 44.3 Å². The average Bonchev–Trinajstić information content (AvgIpc) is 3.33. The largest absolute Gasteiger partial charge is 0.392 e. The number of rotatable bonds is 8. The number of aliphatic hydroxyl groups excluding tert-OH is 1. The molecule has 9 atom stereocenters. The first-order chi connectivity index (χ1) is 20.2. The summed E-state index contributed by atoms with van der Waals surface area (Å²) in [6.07, 6.45) is 19.1. The minimum atomic E-state index is -4.16. The molecule has 3 N–H and O–H groups in total. The van der Waals surface area contributed by atoms with Gasteiger partial charge in [-0.25, -0.2) is 0 Å². The van der Waals surface area contributed by atoms with Gasteiger partial charge in [0.2, 0.25) is 0 Å². The molecule has 0 saturated heterocycles. The van der Waals surface area contributed by atoms with Crippen molar-refractivity contribution in [3.05, 3.63) is 11.6 Å². The van der Waals surface area contributed by atoms with Gasteiger partial charge in [-0.05, 0) is 145 Å². The summed E-state index contributed by atoms with van der Waals surface area (Å²) in [5.41, 5.74) is 1.74. The zero-order valence-electron chi connectivity index (χ0n) is 26.7. The van der Waals surface area contributed by atoms with Crippen LogP contribution in [0.15, 0.2) is 11.6 Å². The van der Waals surface area contributed by atoms with Crippen molar-refractivity contribution in [2.24, 2.45) is 47.3 Å². The van der Waals surface area contributed by atoms with Gasteiger partial charge < -0.3 is 10.4 Å². The first-order valence-electron chi connectivity index (χ1n) is 18.1. The molecular weight excluding hydrogens is 533 g/mol. The zero-order chi connectivity index (χ0) is 29.7. The number of nitrogens with one attached hydrogen (secondary N) is 2. The van der Waals surface area contributed by atoms with E-state index in [-0.39, 0.29) is 24.3 Å².